The van der Waals surface area contributed by atoms with Gasteiger partial charge in [-0.1, -0.05) is 30.3 Å². The largest absolute Gasteiger partial charge is 0.310 e. The highest BCUT2D eigenvalue weighted by Gasteiger charge is 2.29. The van der Waals surface area contributed by atoms with Gasteiger partial charge in [0.2, 0.25) is 0 Å². The van der Waals surface area contributed by atoms with E-state index >= 15 is 0 Å². The fraction of sp³-hybridized carbons (Fsp3) is 0.350. The molecule has 2 N–H and O–H groups in total. The molecule has 0 bridgehead atoms. The van der Waals surface area contributed by atoms with Crippen molar-refractivity contribution in [2.24, 2.45) is 0 Å². The molecule has 26 heavy (non-hydrogen) atoms. The van der Waals surface area contributed by atoms with E-state index in [1.165, 1.54) is 0 Å². The highest BCUT2D eigenvalue weighted by atomic mass is 16.1. The Labute approximate surface area is 151 Å². The molecule has 0 unspecified atom stereocenters. The Morgan fingerprint density at radius 3 is 2.85 bits per heavy atom. The van der Waals surface area contributed by atoms with E-state index < -0.39 is 0 Å². The molecule has 3 aromatic rings. The second kappa shape index (κ2) is 6.21. The molecule has 1 aromatic carbocycles. The first-order chi connectivity index (χ1) is 12.8. The van der Waals surface area contributed by atoms with E-state index in [1.54, 1.807) is 0 Å². The maximum Gasteiger partial charge on any atom is 0.255 e. The van der Waals surface area contributed by atoms with Crippen LogP contribution in [0.5, 0.6) is 0 Å². The summed E-state index contributed by atoms with van der Waals surface area (Å²) >= 11 is 0. The molecule has 1 fully saturated rings. The average Bonchev–Trinajstić information content (AvgIpc) is 3.42. The molecule has 5 rings (SSSR count). The Morgan fingerprint density at radius 1 is 1.19 bits per heavy atom. The molecule has 1 saturated carbocycles. The van der Waals surface area contributed by atoms with Crippen molar-refractivity contribution in [1.29, 1.82) is 0 Å². The predicted molar refractivity (Wildman–Crippen MR) is 98.7 cm³/mol. The average molecular weight is 347 g/mol. The number of nitrogens with zero attached hydrogens (tertiary/aromatic N) is 3. The molecule has 1 aliphatic carbocycles. The molecular formula is C20H21N5O. The summed E-state index contributed by atoms with van der Waals surface area (Å²) in [5.41, 5.74) is 5.18. The van der Waals surface area contributed by atoms with Crippen LogP contribution < -0.4 is 5.56 Å². The first-order valence-electron chi connectivity index (χ1n) is 9.20. The Morgan fingerprint density at radius 2 is 2.04 bits per heavy atom. The number of rotatable bonds is 4. The van der Waals surface area contributed by atoms with Gasteiger partial charge in [-0.2, -0.15) is 5.10 Å². The maximum atomic E-state index is 12.5. The van der Waals surface area contributed by atoms with E-state index in [2.05, 4.69) is 32.2 Å². The summed E-state index contributed by atoms with van der Waals surface area (Å²) in [4.78, 5) is 22.5. The fourth-order valence-electron chi connectivity index (χ4n) is 3.71. The molecule has 0 atom stereocenters. The second-order valence-corrected chi connectivity index (χ2v) is 7.25. The van der Waals surface area contributed by atoms with Gasteiger partial charge in [0.1, 0.15) is 5.82 Å². The van der Waals surface area contributed by atoms with Crippen LogP contribution in [-0.4, -0.2) is 31.6 Å². The van der Waals surface area contributed by atoms with Crippen molar-refractivity contribution in [3.8, 4) is 11.3 Å². The Kier molecular flexibility index (Phi) is 3.71. The lowest BCUT2D eigenvalue weighted by Gasteiger charge is -2.27. The lowest BCUT2D eigenvalue weighted by atomic mass is 10.0. The van der Waals surface area contributed by atoms with Crippen LogP contribution in [0.25, 0.3) is 11.3 Å². The molecule has 2 aromatic heterocycles. The van der Waals surface area contributed by atoms with Gasteiger partial charge < -0.3 is 4.98 Å². The summed E-state index contributed by atoms with van der Waals surface area (Å²) in [5.74, 6) is 1.37. The molecule has 0 spiro atoms. The van der Waals surface area contributed by atoms with E-state index in [9.17, 15) is 4.79 Å². The number of benzene rings is 1. The van der Waals surface area contributed by atoms with Crippen LogP contribution in [0.4, 0.5) is 0 Å². The predicted octanol–water partition coefficient (Wildman–Crippen LogP) is 2.60. The molecule has 1 aliphatic heterocycles. The monoisotopic (exact) mass is 347 g/mol. The SMILES string of the molecule is O=c1[nH]c(C2CC2)nc2c1CN(Cc1cn[nH]c1-c1ccccc1)CC2. The lowest BCUT2D eigenvalue weighted by molar-refractivity contribution is 0.241. The van der Waals surface area contributed by atoms with Crippen LogP contribution in [-0.2, 0) is 19.5 Å². The third-order valence-corrected chi connectivity index (χ3v) is 5.30. The Bertz CT molecular complexity index is 987. The van der Waals surface area contributed by atoms with Crippen molar-refractivity contribution in [1.82, 2.24) is 25.1 Å². The molecule has 6 nitrogen and oxygen atoms in total. The first kappa shape index (κ1) is 15.5. The van der Waals surface area contributed by atoms with Gasteiger partial charge in [0.25, 0.3) is 5.56 Å². The van der Waals surface area contributed by atoms with Gasteiger partial charge >= 0.3 is 0 Å². The minimum Gasteiger partial charge on any atom is -0.310 e. The van der Waals surface area contributed by atoms with Gasteiger partial charge in [0, 0.05) is 37.5 Å². The van der Waals surface area contributed by atoms with E-state index in [0.29, 0.717) is 12.5 Å². The van der Waals surface area contributed by atoms with Crippen molar-refractivity contribution in [2.45, 2.75) is 38.3 Å². The normalized spacial score (nSPS) is 17.2. The number of hydrogen-bond acceptors (Lipinski definition) is 4. The first-order valence-corrected chi connectivity index (χ1v) is 9.20. The smallest absolute Gasteiger partial charge is 0.255 e. The minimum absolute atomic E-state index is 0.0390. The van der Waals surface area contributed by atoms with Crippen molar-refractivity contribution in [3.63, 3.8) is 0 Å². The zero-order valence-electron chi connectivity index (χ0n) is 14.5. The third-order valence-electron chi connectivity index (χ3n) is 5.30. The summed E-state index contributed by atoms with van der Waals surface area (Å²) in [5, 5.41) is 7.34. The van der Waals surface area contributed by atoms with Crippen molar-refractivity contribution in [3.05, 3.63) is 69.5 Å². The summed E-state index contributed by atoms with van der Waals surface area (Å²) in [7, 11) is 0. The standard InChI is InChI=1S/C20H21N5O/c26-20-16-12-25(9-8-17(16)22-19(23-20)14-6-7-14)11-15-10-21-24-18(15)13-4-2-1-3-5-13/h1-5,10,14H,6-9,11-12H2,(H,21,24)(H,22,23,26). The summed E-state index contributed by atoms with van der Waals surface area (Å²) in [6.07, 6.45) is 5.02. The van der Waals surface area contributed by atoms with Crippen LogP contribution in [0.3, 0.4) is 0 Å². The fourth-order valence-corrected chi connectivity index (χ4v) is 3.71. The topological polar surface area (TPSA) is 77.7 Å². The minimum atomic E-state index is 0.0390. The maximum absolute atomic E-state index is 12.5. The van der Waals surface area contributed by atoms with Gasteiger partial charge in [-0.25, -0.2) is 4.98 Å². The van der Waals surface area contributed by atoms with Gasteiger partial charge in [0.15, 0.2) is 0 Å². The number of fused-ring (bicyclic) bond motifs is 1. The Balaban J connectivity index is 1.38. The second-order valence-electron chi connectivity index (χ2n) is 7.25. The quantitative estimate of drug-likeness (QED) is 0.760. The summed E-state index contributed by atoms with van der Waals surface area (Å²) in [6.45, 7) is 2.32. The highest BCUT2D eigenvalue weighted by Crippen LogP contribution is 2.37. The molecule has 6 heteroatoms. The van der Waals surface area contributed by atoms with Crippen molar-refractivity contribution in [2.75, 3.05) is 6.54 Å². The summed E-state index contributed by atoms with van der Waals surface area (Å²) < 4.78 is 0. The van der Waals surface area contributed by atoms with E-state index in [1.807, 2.05) is 24.4 Å². The van der Waals surface area contributed by atoms with E-state index in [0.717, 1.165) is 66.3 Å². The van der Waals surface area contributed by atoms with Crippen LogP contribution in [0, 0.1) is 0 Å². The zero-order valence-corrected chi connectivity index (χ0v) is 14.5. The number of nitrogens with one attached hydrogen (secondary N) is 2. The number of aromatic amines is 2. The molecule has 0 saturated heterocycles. The van der Waals surface area contributed by atoms with Crippen LogP contribution in [0.1, 0.15) is 41.4 Å². The molecule has 0 amide bonds. The molecule has 3 heterocycles. The third kappa shape index (κ3) is 2.86. The number of hydrogen-bond donors (Lipinski definition) is 2. The summed E-state index contributed by atoms with van der Waals surface area (Å²) in [6, 6.07) is 10.2. The Hall–Kier alpha value is -2.73. The van der Waals surface area contributed by atoms with Gasteiger partial charge in [0.05, 0.1) is 23.1 Å². The molecule has 2 aliphatic rings. The van der Waals surface area contributed by atoms with Gasteiger partial charge in [-0.05, 0) is 18.4 Å². The van der Waals surface area contributed by atoms with Crippen molar-refractivity contribution >= 4 is 0 Å². The molecular weight excluding hydrogens is 326 g/mol. The van der Waals surface area contributed by atoms with Crippen LogP contribution >= 0.6 is 0 Å². The van der Waals surface area contributed by atoms with E-state index in [4.69, 9.17) is 4.98 Å². The van der Waals surface area contributed by atoms with Gasteiger partial charge in [-0.3, -0.25) is 14.8 Å². The molecule has 0 radical (unpaired) electrons. The van der Waals surface area contributed by atoms with Crippen LogP contribution in [0.2, 0.25) is 0 Å². The van der Waals surface area contributed by atoms with Crippen molar-refractivity contribution < 1.29 is 0 Å². The zero-order chi connectivity index (χ0) is 17.5. The van der Waals surface area contributed by atoms with Gasteiger partial charge in [-0.15, -0.1) is 0 Å². The number of aromatic nitrogens is 4. The highest BCUT2D eigenvalue weighted by molar-refractivity contribution is 5.62. The lowest BCUT2D eigenvalue weighted by Crippen LogP contribution is -2.35. The van der Waals surface area contributed by atoms with Crippen LogP contribution in [0.15, 0.2) is 41.3 Å². The number of H-pyrrole nitrogens is 2. The molecule has 132 valence electrons. The van der Waals surface area contributed by atoms with E-state index in [-0.39, 0.29) is 5.56 Å².